The van der Waals surface area contributed by atoms with E-state index >= 15 is 0 Å². The predicted octanol–water partition coefficient (Wildman–Crippen LogP) is 4.24. The lowest BCUT2D eigenvalue weighted by Crippen LogP contribution is -2.40. The molecular weight excluding hydrogens is 282 g/mol. The normalized spacial score (nSPS) is 27.2. The average molecular weight is 299 g/mol. The minimum atomic E-state index is -0.200. The third-order valence-electron chi connectivity index (χ3n) is 4.39. The molecule has 0 saturated carbocycles. The van der Waals surface area contributed by atoms with E-state index in [4.69, 9.17) is 4.74 Å². The molecule has 0 bridgehead atoms. The predicted molar refractivity (Wildman–Crippen MR) is 82.5 cm³/mol. The maximum absolute atomic E-state index is 12.3. The lowest BCUT2D eigenvalue weighted by atomic mass is 9.90. The number of carbonyl (C=O) groups is 1. The van der Waals surface area contributed by atoms with Gasteiger partial charge >= 0.3 is 6.09 Å². The number of rotatable bonds is 1. The van der Waals surface area contributed by atoms with Crippen LogP contribution in [-0.4, -0.2) is 17.0 Å². The summed E-state index contributed by atoms with van der Waals surface area (Å²) in [6, 6.07) is 12.5. The molecule has 0 spiro atoms. The third-order valence-corrected chi connectivity index (χ3v) is 5.48. The zero-order chi connectivity index (χ0) is 14.6. The molecule has 108 valence electrons. The lowest BCUT2D eigenvalue weighted by molar-refractivity contribution is 0.128. The summed E-state index contributed by atoms with van der Waals surface area (Å²) in [5.74, 6) is 0. The number of thiophene rings is 1. The van der Waals surface area contributed by atoms with Crippen LogP contribution in [0.4, 0.5) is 4.79 Å². The summed E-state index contributed by atoms with van der Waals surface area (Å²) in [4.78, 5) is 17.0. The molecule has 0 radical (unpaired) electrons. The van der Waals surface area contributed by atoms with Gasteiger partial charge in [-0.15, -0.1) is 11.3 Å². The Morgan fingerprint density at radius 3 is 2.81 bits per heavy atom. The number of ether oxygens (including phenoxy) is 1. The van der Waals surface area contributed by atoms with E-state index in [2.05, 4.69) is 19.9 Å². The second-order valence-corrected chi connectivity index (χ2v) is 7.20. The first-order chi connectivity index (χ1) is 10.1. The maximum atomic E-state index is 12.3. The number of cyclic esters (lactones) is 1. The van der Waals surface area contributed by atoms with Crippen LogP contribution < -0.4 is 0 Å². The Kier molecular flexibility index (Phi) is 2.82. The van der Waals surface area contributed by atoms with E-state index in [1.807, 2.05) is 46.6 Å². The summed E-state index contributed by atoms with van der Waals surface area (Å²) < 4.78 is 5.72. The van der Waals surface area contributed by atoms with Crippen LogP contribution in [0.1, 0.15) is 40.0 Å². The standard InChI is InChI=1S/C17H17NO2S/c1-10-8-14-13(9-11(2)21-14)15-16(20-17(19)18(10)15)12-6-4-3-5-7-12/h3-7,9-10,15-16H,8H2,1-2H3/t10-,15-,16-/m1/s1. The van der Waals surface area contributed by atoms with Gasteiger partial charge in [0.2, 0.25) is 0 Å². The van der Waals surface area contributed by atoms with Crippen molar-refractivity contribution in [2.75, 3.05) is 0 Å². The molecule has 2 aliphatic heterocycles. The molecule has 3 heterocycles. The van der Waals surface area contributed by atoms with E-state index in [1.54, 1.807) is 0 Å². The summed E-state index contributed by atoms with van der Waals surface area (Å²) in [6.07, 6.45) is 0.547. The molecule has 2 aromatic rings. The van der Waals surface area contributed by atoms with Gasteiger partial charge in [-0.3, -0.25) is 4.90 Å². The van der Waals surface area contributed by atoms with Crippen molar-refractivity contribution in [2.24, 2.45) is 0 Å². The highest BCUT2D eigenvalue weighted by Gasteiger charge is 2.49. The zero-order valence-corrected chi connectivity index (χ0v) is 12.9. The second-order valence-electron chi connectivity index (χ2n) is 5.86. The molecule has 1 saturated heterocycles. The van der Waals surface area contributed by atoms with Gasteiger partial charge in [-0.1, -0.05) is 30.3 Å². The SMILES string of the molecule is Cc1cc2c(s1)C[C@@H](C)N1C(=O)O[C@H](c3ccccc3)[C@@H]21. The van der Waals surface area contributed by atoms with Crippen molar-refractivity contribution in [1.29, 1.82) is 0 Å². The smallest absolute Gasteiger partial charge is 0.411 e. The lowest BCUT2D eigenvalue weighted by Gasteiger charge is -2.34. The van der Waals surface area contributed by atoms with E-state index in [0.29, 0.717) is 0 Å². The Morgan fingerprint density at radius 1 is 1.29 bits per heavy atom. The summed E-state index contributed by atoms with van der Waals surface area (Å²) in [5, 5.41) is 0. The monoisotopic (exact) mass is 299 g/mol. The molecule has 1 fully saturated rings. The number of nitrogens with zero attached hydrogens (tertiary/aromatic N) is 1. The first-order valence-electron chi connectivity index (χ1n) is 7.28. The minimum Gasteiger partial charge on any atom is -0.439 e. The quantitative estimate of drug-likeness (QED) is 0.788. The van der Waals surface area contributed by atoms with Crippen LogP contribution in [-0.2, 0) is 11.2 Å². The van der Waals surface area contributed by atoms with Gasteiger partial charge in [-0.2, -0.15) is 0 Å². The number of amides is 1. The van der Waals surface area contributed by atoms with Crippen LogP contribution in [0.2, 0.25) is 0 Å². The molecule has 1 aromatic heterocycles. The van der Waals surface area contributed by atoms with Crippen LogP contribution in [0.5, 0.6) is 0 Å². The summed E-state index contributed by atoms with van der Waals surface area (Å²) in [7, 11) is 0. The topological polar surface area (TPSA) is 29.5 Å². The largest absolute Gasteiger partial charge is 0.439 e. The molecule has 3 atom stereocenters. The zero-order valence-electron chi connectivity index (χ0n) is 12.1. The van der Waals surface area contributed by atoms with Crippen molar-refractivity contribution in [2.45, 2.75) is 38.5 Å². The average Bonchev–Trinajstić information content (AvgIpc) is 3.00. The van der Waals surface area contributed by atoms with Crippen LogP contribution in [0, 0.1) is 6.92 Å². The molecule has 1 amide bonds. The fourth-order valence-corrected chi connectivity index (χ4v) is 4.71. The second kappa shape index (κ2) is 4.60. The molecule has 2 aliphatic rings. The van der Waals surface area contributed by atoms with E-state index in [1.165, 1.54) is 15.3 Å². The first kappa shape index (κ1) is 12.9. The third kappa shape index (κ3) is 1.89. The van der Waals surface area contributed by atoms with E-state index in [0.717, 1.165) is 12.0 Å². The number of aryl methyl sites for hydroxylation is 1. The van der Waals surface area contributed by atoms with Crippen molar-refractivity contribution in [3.05, 3.63) is 57.3 Å². The molecule has 0 aliphatic carbocycles. The van der Waals surface area contributed by atoms with Gasteiger partial charge in [0.25, 0.3) is 0 Å². The van der Waals surface area contributed by atoms with E-state index in [9.17, 15) is 4.79 Å². The molecule has 4 rings (SSSR count). The van der Waals surface area contributed by atoms with Crippen LogP contribution >= 0.6 is 11.3 Å². The van der Waals surface area contributed by atoms with Crippen molar-refractivity contribution in [3.8, 4) is 0 Å². The summed E-state index contributed by atoms with van der Waals surface area (Å²) in [6.45, 7) is 4.24. The Bertz CT molecular complexity index is 694. The fourth-order valence-electron chi connectivity index (χ4n) is 3.51. The molecule has 0 unspecified atom stereocenters. The van der Waals surface area contributed by atoms with Crippen LogP contribution in [0.25, 0.3) is 0 Å². The van der Waals surface area contributed by atoms with Gasteiger partial charge in [0.1, 0.15) is 6.04 Å². The highest BCUT2D eigenvalue weighted by atomic mass is 32.1. The summed E-state index contributed by atoms with van der Waals surface area (Å²) >= 11 is 1.85. The Balaban J connectivity index is 1.84. The number of hydrogen-bond acceptors (Lipinski definition) is 3. The van der Waals surface area contributed by atoms with Crippen molar-refractivity contribution >= 4 is 17.4 Å². The van der Waals surface area contributed by atoms with Gasteiger partial charge in [0.05, 0.1) is 0 Å². The number of benzene rings is 1. The van der Waals surface area contributed by atoms with Gasteiger partial charge < -0.3 is 4.74 Å². The molecular formula is C17H17NO2S. The van der Waals surface area contributed by atoms with Crippen molar-refractivity contribution in [1.82, 2.24) is 4.90 Å². The van der Waals surface area contributed by atoms with Crippen molar-refractivity contribution in [3.63, 3.8) is 0 Å². The van der Waals surface area contributed by atoms with E-state index in [-0.39, 0.29) is 24.3 Å². The van der Waals surface area contributed by atoms with Gasteiger partial charge in [-0.05, 0) is 31.0 Å². The molecule has 21 heavy (non-hydrogen) atoms. The first-order valence-corrected chi connectivity index (χ1v) is 8.10. The minimum absolute atomic E-state index is 0.0172. The fraction of sp³-hybridized carbons (Fsp3) is 0.353. The Hall–Kier alpha value is -1.81. The van der Waals surface area contributed by atoms with Gasteiger partial charge in [-0.25, -0.2) is 4.79 Å². The Morgan fingerprint density at radius 2 is 2.05 bits per heavy atom. The maximum Gasteiger partial charge on any atom is 0.411 e. The van der Waals surface area contributed by atoms with Crippen LogP contribution in [0.15, 0.2) is 36.4 Å². The number of hydrogen-bond donors (Lipinski definition) is 0. The molecule has 4 heteroatoms. The number of carbonyl (C=O) groups excluding carboxylic acids is 1. The van der Waals surface area contributed by atoms with Gasteiger partial charge in [0, 0.05) is 22.2 Å². The van der Waals surface area contributed by atoms with Crippen molar-refractivity contribution < 1.29 is 9.53 Å². The van der Waals surface area contributed by atoms with Gasteiger partial charge in [0.15, 0.2) is 6.10 Å². The molecule has 0 N–H and O–H groups in total. The summed E-state index contributed by atoms with van der Waals surface area (Å²) in [5.41, 5.74) is 2.34. The highest BCUT2D eigenvalue weighted by molar-refractivity contribution is 7.12. The molecule has 3 nitrogen and oxygen atoms in total. The highest BCUT2D eigenvalue weighted by Crippen LogP contribution is 2.49. The Labute approximate surface area is 128 Å². The van der Waals surface area contributed by atoms with Crippen LogP contribution in [0.3, 0.4) is 0 Å². The van der Waals surface area contributed by atoms with E-state index < -0.39 is 0 Å². The number of fused-ring (bicyclic) bond motifs is 3. The molecule has 1 aromatic carbocycles.